The number of anilines is 1. The molecule has 0 aromatic carbocycles. The molecule has 2 heterocycles. The highest BCUT2D eigenvalue weighted by molar-refractivity contribution is 7.12. The third kappa shape index (κ3) is 4.08. The number of hydrogen-bond acceptors (Lipinski definition) is 4. The Bertz CT molecular complexity index is 651. The summed E-state index contributed by atoms with van der Waals surface area (Å²) in [5.41, 5.74) is 0.372. The maximum Gasteiger partial charge on any atom is 0.287 e. The predicted octanol–water partition coefficient (Wildman–Crippen LogP) is 3.93. The Morgan fingerprint density at radius 3 is 2.76 bits per heavy atom. The predicted molar refractivity (Wildman–Crippen MR) is 89.4 cm³/mol. The molecule has 21 heavy (non-hydrogen) atoms. The molecule has 4 nitrogen and oxygen atoms in total. The Labute approximate surface area is 133 Å². The highest BCUT2D eigenvalue weighted by Crippen LogP contribution is 2.20. The van der Waals surface area contributed by atoms with Crippen LogP contribution in [0.3, 0.4) is 0 Å². The average molecular weight is 326 g/mol. The van der Waals surface area contributed by atoms with Crippen LogP contribution in [0.25, 0.3) is 0 Å². The molecule has 2 aromatic rings. The van der Waals surface area contributed by atoms with Crippen LogP contribution >= 0.6 is 22.9 Å². The molecule has 0 radical (unpaired) electrons. The molecule has 0 saturated carbocycles. The molecule has 6 heteroatoms. The minimum absolute atomic E-state index is 0.216. The van der Waals surface area contributed by atoms with Gasteiger partial charge in [-0.15, -0.1) is 11.3 Å². The van der Waals surface area contributed by atoms with Gasteiger partial charge in [0.2, 0.25) is 0 Å². The summed E-state index contributed by atoms with van der Waals surface area (Å²) in [4.78, 5) is 14.7. The number of nitrogens with one attached hydrogen (secondary N) is 1. The molecule has 2 aromatic heterocycles. The fraction of sp³-hybridized carbons (Fsp3) is 0.467. The number of unbranched alkanes of at least 4 members (excludes halogenated alkanes) is 1. The van der Waals surface area contributed by atoms with E-state index in [0.29, 0.717) is 18.8 Å². The highest BCUT2D eigenvalue weighted by Gasteiger charge is 2.09. The standard InChI is InChI=1S/C15H20ClN3OS/c1-3-5-8-19-15(20)14(16)13(10-18-19)17-9-12-7-6-11(4-2)21-12/h6-7,10,17H,3-5,8-9H2,1-2H3. The van der Waals surface area contributed by atoms with Crippen LogP contribution in [0.1, 0.15) is 36.4 Å². The third-order valence-corrected chi connectivity index (χ3v) is 4.82. The minimum atomic E-state index is -0.226. The van der Waals surface area contributed by atoms with Crippen molar-refractivity contribution in [3.63, 3.8) is 0 Å². The SMILES string of the molecule is CCCCn1ncc(NCc2ccc(CC)s2)c(Cl)c1=O. The average Bonchev–Trinajstić information content (AvgIpc) is 2.96. The van der Waals surface area contributed by atoms with E-state index < -0.39 is 0 Å². The van der Waals surface area contributed by atoms with Crippen molar-refractivity contribution in [2.24, 2.45) is 0 Å². The van der Waals surface area contributed by atoms with Gasteiger partial charge < -0.3 is 5.32 Å². The second kappa shape index (κ2) is 7.61. The Kier molecular flexibility index (Phi) is 5.82. The van der Waals surface area contributed by atoms with E-state index in [2.05, 4.69) is 36.4 Å². The summed E-state index contributed by atoms with van der Waals surface area (Å²) in [7, 11) is 0. The Morgan fingerprint density at radius 2 is 2.10 bits per heavy atom. The van der Waals surface area contributed by atoms with Gasteiger partial charge >= 0.3 is 0 Å². The zero-order valence-electron chi connectivity index (χ0n) is 12.4. The molecule has 0 aliphatic heterocycles. The fourth-order valence-electron chi connectivity index (χ4n) is 1.95. The van der Waals surface area contributed by atoms with Gasteiger partial charge in [-0.25, -0.2) is 4.68 Å². The van der Waals surface area contributed by atoms with Crippen LogP contribution in [0.15, 0.2) is 23.1 Å². The van der Waals surface area contributed by atoms with Crippen LogP contribution in [0.4, 0.5) is 5.69 Å². The molecule has 0 aliphatic carbocycles. The van der Waals surface area contributed by atoms with Crippen molar-refractivity contribution in [1.29, 1.82) is 0 Å². The summed E-state index contributed by atoms with van der Waals surface area (Å²) < 4.78 is 1.43. The van der Waals surface area contributed by atoms with Crippen LogP contribution in [-0.2, 0) is 19.5 Å². The summed E-state index contributed by atoms with van der Waals surface area (Å²) in [5, 5.41) is 7.58. The van der Waals surface area contributed by atoms with Gasteiger partial charge in [0.1, 0.15) is 5.02 Å². The van der Waals surface area contributed by atoms with Gasteiger partial charge in [0.05, 0.1) is 11.9 Å². The van der Waals surface area contributed by atoms with Crippen LogP contribution in [0, 0.1) is 0 Å². The summed E-state index contributed by atoms with van der Waals surface area (Å²) in [6, 6.07) is 4.23. The number of hydrogen-bond donors (Lipinski definition) is 1. The lowest BCUT2D eigenvalue weighted by atomic mass is 10.3. The molecule has 0 unspecified atom stereocenters. The van der Waals surface area contributed by atoms with Crippen LogP contribution in [0.2, 0.25) is 5.02 Å². The van der Waals surface area contributed by atoms with E-state index in [1.54, 1.807) is 17.5 Å². The first-order valence-corrected chi connectivity index (χ1v) is 8.42. The van der Waals surface area contributed by atoms with Gasteiger partial charge in [0.25, 0.3) is 5.56 Å². The van der Waals surface area contributed by atoms with Crippen molar-refractivity contribution in [1.82, 2.24) is 9.78 Å². The van der Waals surface area contributed by atoms with Crippen molar-refractivity contribution in [3.05, 3.63) is 43.5 Å². The van der Waals surface area contributed by atoms with E-state index in [9.17, 15) is 4.79 Å². The topological polar surface area (TPSA) is 46.9 Å². The maximum atomic E-state index is 12.1. The summed E-state index contributed by atoms with van der Waals surface area (Å²) in [6.45, 7) is 5.48. The van der Waals surface area contributed by atoms with Crippen molar-refractivity contribution < 1.29 is 0 Å². The van der Waals surface area contributed by atoms with Crippen molar-refractivity contribution in [2.45, 2.75) is 46.2 Å². The number of thiophene rings is 1. The number of halogens is 1. The zero-order chi connectivity index (χ0) is 15.2. The molecule has 1 N–H and O–H groups in total. The van der Waals surface area contributed by atoms with Gasteiger partial charge in [0, 0.05) is 22.8 Å². The molecule has 2 rings (SSSR count). The lowest BCUT2D eigenvalue weighted by Gasteiger charge is -2.09. The largest absolute Gasteiger partial charge is 0.377 e. The Hall–Kier alpha value is -1.33. The van der Waals surface area contributed by atoms with E-state index in [1.165, 1.54) is 14.4 Å². The van der Waals surface area contributed by atoms with E-state index >= 15 is 0 Å². The minimum Gasteiger partial charge on any atom is -0.377 e. The molecule has 0 bridgehead atoms. The Balaban J connectivity index is 2.06. The highest BCUT2D eigenvalue weighted by atomic mass is 35.5. The molecular formula is C15H20ClN3OS. The quantitative estimate of drug-likeness (QED) is 0.839. The second-order valence-corrected chi connectivity index (χ2v) is 6.46. The number of aryl methyl sites for hydroxylation is 2. The van der Waals surface area contributed by atoms with E-state index in [1.807, 2.05) is 0 Å². The van der Waals surface area contributed by atoms with Gasteiger partial charge in [0.15, 0.2) is 0 Å². The van der Waals surface area contributed by atoms with Crippen molar-refractivity contribution in [3.8, 4) is 0 Å². The van der Waals surface area contributed by atoms with Gasteiger partial charge in [-0.3, -0.25) is 4.79 Å². The molecule has 0 saturated heterocycles. The molecule has 0 fully saturated rings. The zero-order valence-corrected chi connectivity index (χ0v) is 13.9. The van der Waals surface area contributed by atoms with Gasteiger partial charge in [-0.2, -0.15) is 5.10 Å². The lowest BCUT2D eigenvalue weighted by Crippen LogP contribution is -2.24. The van der Waals surface area contributed by atoms with E-state index in [4.69, 9.17) is 11.6 Å². The summed E-state index contributed by atoms with van der Waals surface area (Å²) >= 11 is 7.91. The smallest absolute Gasteiger partial charge is 0.287 e. The third-order valence-electron chi connectivity index (χ3n) is 3.23. The molecule has 114 valence electrons. The van der Waals surface area contributed by atoms with Gasteiger partial charge in [-0.1, -0.05) is 31.9 Å². The summed E-state index contributed by atoms with van der Waals surface area (Å²) in [6.07, 6.45) is 4.61. The van der Waals surface area contributed by atoms with Gasteiger partial charge in [-0.05, 0) is 25.0 Å². The normalized spacial score (nSPS) is 10.8. The number of aromatic nitrogens is 2. The first-order valence-electron chi connectivity index (χ1n) is 7.22. The second-order valence-electron chi connectivity index (χ2n) is 4.83. The van der Waals surface area contributed by atoms with E-state index in [-0.39, 0.29) is 10.6 Å². The Morgan fingerprint density at radius 1 is 1.33 bits per heavy atom. The summed E-state index contributed by atoms with van der Waals surface area (Å²) in [5.74, 6) is 0. The van der Waals surface area contributed by atoms with Crippen molar-refractivity contribution >= 4 is 28.6 Å². The monoisotopic (exact) mass is 325 g/mol. The van der Waals surface area contributed by atoms with E-state index in [0.717, 1.165) is 19.3 Å². The first-order chi connectivity index (χ1) is 10.2. The first kappa shape index (κ1) is 16.0. The molecule has 0 spiro atoms. The molecule has 0 amide bonds. The molecule has 0 atom stereocenters. The van der Waals surface area contributed by atoms with Crippen LogP contribution < -0.4 is 10.9 Å². The maximum absolute atomic E-state index is 12.1. The number of rotatable bonds is 7. The van der Waals surface area contributed by atoms with Crippen LogP contribution in [0.5, 0.6) is 0 Å². The molecular weight excluding hydrogens is 306 g/mol. The molecule has 0 aliphatic rings. The van der Waals surface area contributed by atoms with Crippen LogP contribution in [-0.4, -0.2) is 9.78 Å². The fourth-order valence-corrected chi connectivity index (χ4v) is 3.06. The van der Waals surface area contributed by atoms with Crippen molar-refractivity contribution in [2.75, 3.05) is 5.32 Å². The number of nitrogens with zero attached hydrogens (tertiary/aromatic N) is 2. The lowest BCUT2D eigenvalue weighted by molar-refractivity contribution is 0.543.